The zero-order chi connectivity index (χ0) is 18.5. The van der Waals surface area contributed by atoms with E-state index in [2.05, 4.69) is 15.9 Å². The molecule has 3 aliphatic rings. The first kappa shape index (κ1) is 18.8. The molecule has 4 rings (SSSR count). The molecule has 0 aliphatic carbocycles. The second-order valence-electron chi connectivity index (χ2n) is 7.80. The number of rotatable bonds is 4. The van der Waals surface area contributed by atoms with Crippen LogP contribution in [0.5, 0.6) is 0 Å². The summed E-state index contributed by atoms with van der Waals surface area (Å²) < 4.78 is 37.1. The summed E-state index contributed by atoms with van der Waals surface area (Å²) in [6, 6.07) is 8.00. The molecular formula is C19H25BrO6. The van der Waals surface area contributed by atoms with Crippen molar-refractivity contribution < 1.29 is 28.4 Å². The van der Waals surface area contributed by atoms with Gasteiger partial charge < -0.3 is 28.4 Å². The van der Waals surface area contributed by atoms with Crippen molar-refractivity contribution in [3.8, 4) is 0 Å². The smallest absolute Gasteiger partial charge is 0.190 e. The van der Waals surface area contributed by atoms with Gasteiger partial charge in [0.05, 0.1) is 13.2 Å². The van der Waals surface area contributed by atoms with Crippen LogP contribution in [-0.4, -0.2) is 48.9 Å². The molecule has 26 heavy (non-hydrogen) atoms. The molecule has 5 atom stereocenters. The molecular weight excluding hydrogens is 404 g/mol. The van der Waals surface area contributed by atoms with Crippen LogP contribution in [0.1, 0.15) is 33.3 Å². The van der Waals surface area contributed by atoms with Crippen LogP contribution in [0, 0.1) is 0 Å². The zero-order valence-electron chi connectivity index (χ0n) is 15.4. The topological polar surface area (TPSA) is 55.4 Å². The summed E-state index contributed by atoms with van der Waals surface area (Å²) in [6.07, 6.45) is -1.62. The zero-order valence-corrected chi connectivity index (χ0v) is 17.0. The number of fused-ring (bicyclic) bond motifs is 1. The molecule has 1 aromatic rings. The van der Waals surface area contributed by atoms with Crippen LogP contribution in [0.2, 0.25) is 0 Å². The summed E-state index contributed by atoms with van der Waals surface area (Å²) in [5.41, 5.74) is 1.07. The molecule has 0 spiro atoms. The minimum Gasteiger partial charge on any atom is -0.368 e. The highest BCUT2D eigenvalue weighted by molar-refractivity contribution is 9.10. The van der Waals surface area contributed by atoms with Gasteiger partial charge in [0, 0.05) is 4.47 Å². The van der Waals surface area contributed by atoms with Crippen LogP contribution in [0.25, 0.3) is 0 Å². The van der Waals surface area contributed by atoms with Gasteiger partial charge in [0.1, 0.15) is 24.4 Å². The van der Waals surface area contributed by atoms with Crippen molar-refractivity contribution in [1.29, 1.82) is 0 Å². The molecule has 3 saturated heterocycles. The van der Waals surface area contributed by atoms with Gasteiger partial charge in [0.2, 0.25) is 0 Å². The second-order valence-corrected chi connectivity index (χ2v) is 8.66. The van der Waals surface area contributed by atoms with Gasteiger partial charge in [-0.25, -0.2) is 0 Å². The maximum Gasteiger partial charge on any atom is 0.190 e. The van der Waals surface area contributed by atoms with Crippen molar-refractivity contribution in [2.75, 3.05) is 6.61 Å². The van der Waals surface area contributed by atoms with Crippen LogP contribution in [-0.2, 0) is 35.0 Å². The molecule has 3 aliphatic heterocycles. The van der Waals surface area contributed by atoms with Gasteiger partial charge in [-0.05, 0) is 39.3 Å². The van der Waals surface area contributed by atoms with E-state index in [1.54, 1.807) is 0 Å². The predicted octanol–water partition coefficient (Wildman–Crippen LogP) is 3.36. The fraction of sp³-hybridized carbons (Fsp3) is 0.684. The van der Waals surface area contributed by atoms with Crippen LogP contribution in [0.3, 0.4) is 0 Å². The third-order valence-electron chi connectivity index (χ3n) is 4.81. The molecule has 0 saturated carbocycles. The molecule has 1 aromatic carbocycles. The lowest BCUT2D eigenvalue weighted by Gasteiger charge is -2.29. The monoisotopic (exact) mass is 428 g/mol. The van der Waals surface area contributed by atoms with E-state index in [9.17, 15) is 0 Å². The van der Waals surface area contributed by atoms with Gasteiger partial charge in [-0.1, -0.05) is 34.1 Å². The van der Waals surface area contributed by atoms with E-state index in [1.165, 1.54) is 0 Å². The van der Waals surface area contributed by atoms with Crippen LogP contribution < -0.4 is 0 Å². The lowest BCUT2D eigenvalue weighted by atomic mass is 10.1. The molecule has 7 heteroatoms. The number of halogens is 1. The molecule has 3 fully saturated rings. The van der Waals surface area contributed by atoms with Gasteiger partial charge in [-0.15, -0.1) is 0 Å². The van der Waals surface area contributed by atoms with Crippen molar-refractivity contribution in [2.45, 2.75) is 76.6 Å². The molecule has 3 heterocycles. The number of hydrogen-bond acceptors (Lipinski definition) is 6. The Kier molecular flexibility index (Phi) is 4.93. The maximum atomic E-state index is 6.27. The summed E-state index contributed by atoms with van der Waals surface area (Å²) in [7, 11) is 0. The minimum atomic E-state index is -0.693. The number of hydrogen-bond donors (Lipinski definition) is 0. The molecule has 6 nitrogen and oxygen atoms in total. The predicted molar refractivity (Wildman–Crippen MR) is 96.3 cm³/mol. The van der Waals surface area contributed by atoms with Crippen LogP contribution in [0.4, 0.5) is 0 Å². The van der Waals surface area contributed by atoms with Crippen molar-refractivity contribution in [2.24, 2.45) is 0 Å². The quantitative estimate of drug-likeness (QED) is 0.732. The first-order valence-corrected chi connectivity index (χ1v) is 9.71. The number of benzene rings is 1. The Balaban J connectivity index is 1.51. The van der Waals surface area contributed by atoms with Gasteiger partial charge in [-0.2, -0.15) is 0 Å². The maximum absolute atomic E-state index is 6.27. The summed E-state index contributed by atoms with van der Waals surface area (Å²) in [4.78, 5) is 0. The highest BCUT2D eigenvalue weighted by Crippen LogP contribution is 2.42. The molecule has 0 aromatic heterocycles. The Morgan fingerprint density at radius 3 is 2.50 bits per heavy atom. The van der Waals surface area contributed by atoms with E-state index in [4.69, 9.17) is 28.4 Å². The van der Waals surface area contributed by atoms with Gasteiger partial charge >= 0.3 is 0 Å². The van der Waals surface area contributed by atoms with Gasteiger partial charge in [0.15, 0.2) is 17.9 Å². The third-order valence-corrected chi connectivity index (χ3v) is 5.59. The lowest BCUT2D eigenvalue weighted by Crippen LogP contribution is -2.44. The molecule has 0 N–H and O–H groups in total. The molecule has 144 valence electrons. The van der Waals surface area contributed by atoms with Crippen molar-refractivity contribution in [3.63, 3.8) is 0 Å². The Morgan fingerprint density at radius 2 is 1.81 bits per heavy atom. The summed E-state index contributed by atoms with van der Waals surface area (Å²) >= 11 is 3.56. The van der Waals surface area contributed by atoms with Gasteiger partial charge in [-0.3, -0.25) is 0 Å². The highest BCUT2D eigenvalue weighted by Gasteiger charge is 2.58. The van der Waals surface area contributed by atoms with Crippen molar-refractivity contribution in [3.05, 3.63) is 34.3 Å². The first-order chi connectivity index (χ1) is 12.2. The fourth-order valence-electron chi connectivity index (χ4n) is 3.67. The largest absolute Gasteiger partial charge is 0.368 e. The Morgan fingerprint density at radius 1 is 1.04 bits per heavy atom. The van der Waals surface area contributed by atoms with Gasteiger partial charge in [0.25, 0.3) is 0 Å². The number of ether oxygens (including phenoxy) is 6. The van der Waals surface area contributed by atoms with E-state index in [0.717, 1.165) is 10.0 Å². The summed E-state index contributed by atoms with van der Waals surface area (Å²) in [5.74, 6) is -1.32. The molecule has 0 radical (unpaired) electrons. The summed E-state index contributed by atoms with van der Waals surface area (Å²) in [6.45, 7) is 8.45. The molecule has 0 amide bonds. The van der Waals surface area contributed by atoms with E-state index >= 15 is 0 Å². The minimum absolute atomic E-state index is 0.227. The molecule has 0 unspecified atom stereocenters. The SMILES string of the molecule is CC1(C)O[C@H]2O[C@H]([C@H]3COC(C)(C)O3)[C@@H](OCc3ccccc3Br)[C@H]2O1. The summed E-state index contributed by atoms with van der Waals surface area (Å²) in [5, 5.41) is 0. The Labute approximate surface area is 162 Å². The Bertz CT molecular complexity index is 663. The normalized spacial score (nSPS) is 37.8. The average Bonchev–Trinajstić information content (AvgIpc) is 3.16. The Hall–Kier alpha value is -0.540. The van der Waals surface area contributed by atoms with Crippen LogP contribution in [0.15, 0.2) is 28.7 Å². The first-order valence-electron chi connectivity index (χ1n) is 8.92. The van der Waals surface area contributed by atoms with E-state index < -0.39 is 17.9 Å². The van der Waals surface area contributed by atoms with Crippen molar-refractivity contribution in [1.82, 2.24) is 0 Å². The fourth-order valence-corrected chi connectivity index (χ4v) is 4.07. The standard InChI is InChI=1S/C19H25BrO6/c1-18(2)22-10-13(24-18)14-15(16-17(23-14)26-19(3,4)25-16)21-9-11-7-5-6-8-12(11)20/h5-8,13-17H,9-10H2,1-4H3/t13-,14-,15-,16-,17-/m1/s1. The van der Waals surface area contributed by atoms with E-state index in [1.807, 2.05) is 52.0 Å². The second kappa shape index (κ2) is 6.81. The van der Waals surface area contributed by atoms with Crippen LogP contribution >= 0.6 is 15.9 Å². The van der Waals surface area contributed by atoms with Crippen molar-refractivity contribution >= 4 is 15.9 Å². The van der Waals surface area contributed by atoms with E-state index in [0.29, 0.717) is 13.2 Å². The lowest BCUT2D eigenvalue weighted by molar-refractivity contribution is -0.236. The average molecular weight is 429 g/mol. The highest BCUT2D eigenvalue weighted by atomic mass is 79.9. The molecule has 0 bridgehead atoms. The third kappa shape index (κ3) is 3.71. The van der Waals surface area contributed by atoms with E-state index in [-0.39, 0.29) is 24.4 Å².